The van der Waals surface area contributed by atoms with Gasteiger partial charge in [0.05, 0.1) is 18.6 Å². The number of benzene rings is 1. The van der Waals surface area contributed by atoms with Crippen LogP contribution in [0.15, 0.2) is 12.1 Å². The molecule has 0 spiro atoms. The van der Waals surface area contributed by atoms with Crippen molar-refractivity contribution in [2.75, 3.05) is 27.3 Å². The molecule has 0 radical (unpaired) electrons. The summed E-state index contributed by atoms with van der Waals surface area (Å²) in [5.41, 5.74) is 2.20. The lowest BCUT2D eigenvalue weighted by molar-refractivity contribution is -0.131. The zero-order chi connectivity index (χ0) is 22.4. The van der Waals surface area contributed by atoms with Gasteiger partial charge >= 0.3 is 0 Å². The van der Waals surface area contributed by atoms with Gasteiger partial charge in [-0.25, -0.2) is 0 Å². The number of fused-ring (bicyclic) bond motifs is 1. The highest BCUT2D eigenvalue weighted by atomic mass is 16.3. The number of carbonyl (C=O) groups excluding carboxylic acids is 3. The van der Waals surface area contributed by atoms with Crippen molar-refractivity contribution in [2.24, 2.45) is 17.8 Å². The van der Waals surface area contributed by atoms with Crippen molar-refractivity contribution < 1.29 is 29.7 Å². The average molecular weight is 420 g/mol. The van der Waals surface area contributed by atoms with Gasteiger partial charge in [-0.1, -0.05) is 6.07 Å². The van der Waals surface area contributed by atoms with E-state index in [1.165, 1.54) is 6.92 Å². The van der Waals surface area contributed by atoms with Crippen LogP contribution in [0.3, 0.4) is 0 Å². The molecule has 1 aliphatic rings. The quantitative estimate of drug-likeness (QED) is 0.468. The smallest absolute Gasteiger partial charge is 0.167 e. The maximum atomic E-state index is 12.8. The van der Waals surface area contributed by atoms with E-state index in [-0.39, 0.29) is 61.0 Å². The Morgan fingerprint density at radius 2 is 1.90 bits per heavy atom. The molecule has 7 heteroatoms. The van der Waals surface area contributed by atoms with Crippen LogP contribution in [0.1, 0.15) is 54.1 Å². The SMILES string of the molecule is CC(=O)CC(=O)C(CO)C(CCO)CC1CC(=O)c2c(O)ccc(CN(C)C)c2C1. The Morgan fingerprint density at radius 3 is 2.47 bits per heavy atom. The second kappa shape index (κ2) is 10.8. The van der Waals surface area contributed by atoms with Crippen LogP contribution in [0.4, 0.5) is 0 Å². The van der Waals surface area contributed by atoms with E-state index in [9.17, 15) is 29.7 Å². The molecule has 166 valence electrons. The van der Waals surface area contributed by atoms with Crippen LogP contribution in [0.25, 0.3) is 0 Å². The van der Waals surface area contributed by atoms with Crippen molar-refractivity contribution in [1.29, 1.82) is 0 Å². The summed E-state index contributed by atoms with van der Waals surface area (Å²) in [5, 5.41) is 29.5. The molecule has 3 unspecified atom stereocenters. The number of hydrogen-bond donors (Lipinski definition) is 3. The Morgan fingerprint density at radius 1 is 1.20 bits per heavy atom. The number of aliphatic hydroxyl groups is 2. The lowest BCUT2D eigenvalue weighted by Gasteiger charge is -2.32. The minimum absolute atomic E-state index is 0.00673. The summed E-state index contributed by atoms with van der Waals surface area (Å²) in [7, 11) is 3.87. The highest BCUT2D eigenvalue weighted by Crippen LogP contribution is 2.38. The predicted octanol–water partition coefficient (Wildman–Crippen LogP) is 1.74. The molecular weight excluding hydrogens is 386 g/mol. The molecule has 1 aromatic rings. The molecule has 0 aromatic heterocycles. The fraction of sp³-hybridized carbons (Fsp3) is 0.609. The monoisotopic (exact) mass is 419 g/mol. The van der Waals surface area contributed by atoms with Gasteiger partial charge in [-0.15, -0.1) is 0 Å². The van der Waals surface area contributed by atoms with Gasteiger partial charge in [-0.3, -0.25) is 14.4 Å². The number of rotatable bonds is 11. The van der Waals surface area contributed by atoms with Gasteiger partial charge in [-0.05, 0) is 69.3 Å². The molecule has 0 amide bonds. The highest BCUT2D eigenvalue weighted by Gasteiger charge is 2.34. The number of nitrogens with zero attached hydrogens (tertiary/aromatic N) is 1. The average Bonchev–Trinajstić information content (AvgIpc) is 2.63. The minimum atomic E-state index is -0.733. The number of phenolic OH excluding ortho intramolecular Hbond substituents is 1. The Bertz CT molecular complexity index is 788. The Balaban J connectivity index is 2.28. The molecule has 2 rings (SSSR count). The predicted molar refractivity (Wildman–Crippen MR) is 112 cm³/mol. The number of Topliss-reactive ketones (excluding diaryl/α,β-unsaturated/α-hetero) is 3. The minimum Gasteiger partial charge on any atom is -0.507 e. The second-order valence-electron chi connectivity index (χ2n) is 8.67. The van der Waals surface area contributed by atoms with Crippen LogP contribution in [-0.4, -0.2) is 64.9 Å². The first-order valence-electron chi connectivity index (χ1n) is 10.4. The maximum Gasteiger partial charge on any atom is 0.167 e. The second-order valence-corrected chi connectivity index (χ2v) is 8.67. The van der Waals surface area contributed by atoms with Crippen LogP contribution in [0, 0.1) is 17.8 Å². The third kappa shape index (κ3) is 5.97. The summed E-state index contributed by atoms with van der Waals surface area (Å²) in [6.07, 6.45) is 1.39. The van der Waals surface area contributed by atoms with Gasteiger partial charge < -0.3 is 20.2 Å². The summed E-state index contributed by atoms with van der Waals surface area (Å²) in [6.45, 7) is 1.45. The number of phenols is 1. The van der Waals surface area contributed by atoms with E-state index >= 15 is 0 Å². The van der Waals surface area contributed by atoms with Crippen molar-refractivity contribution in [1.82, 2.24) is 4.90 Å². The van der Waals surface area contributed by atoms with Crippen LogP contribution in [0.5, 0.6) is 5.75 Å². The standard InChI is InChI=1S/C23H33NO6/c1-14(27)8-21(29)19(13-26)16(6-7-25)9-15-10-18-17(12-24(2)3)4-5-20(28)23(18)22(30)11-15/h4-5,15-16,19,25-26,28H,6-13H2,1-3H3. The van der Waals surface area contributed by atoms with Crippen molar-refractivity contribution in [3.05, 3.63) is 28.8 Å². The van der Waals surface area contributed by atoms with Gasteiger partial charge in [0.2, 0.25) is 0 Å². The zero-order valence-corrected chi connectivity index (χ0v) is 18.1. The number of aliphatic hydroxyl groups excluding tert-OH is 2. The summed E-state index contributed by atoms with van der Waals surface area (Å²) in [5.74, 6) is -1.83. The maximum absolute atomic E-state index is 12.8. The molecule has 0 saturated carbocycles. The Hall–Kier alpha value is -2.09. The lowest BCUT2D eigenvalue weighted by Crippen LogP contribution is -2.32. The molecule has 0 fully saturated rings. The number of carbonyl (C=O) groups is 3. The van der Waals surface area contributed by atoms with Crippen molar-refractivity contribution in [3.63, 3.8) is 0 Å². The van der Waals surface area contributed by atoms with Crippen molar-refractivity contribution >= 4 is 17.3 Å². The van der Waals surface area contributed by atoms with Crippen LogP contribution >= 0.6 is 0 Å². The first-order chi connectivity index (χ1) is 14.2. The third-order valence-electron chi connectivity index (χ3n) is 5.86. The molecule has 30 heavy (non-hydrogen) atoms. The molecule has 0 heterocycles. The largest absolute Gasteiger partial charge is 0.507 e. The van der Waals surface area contributed by atoms with Crippen molar-refractivity contribution in [3.8, 4) is 5.75 Å². The lowest BCUT2D eigenvalue weighted by atomic mass is 9.73. The number of hydrogen-bond acceptors (Lipinski definition) is 7. The molecule has 3 N–H and O–H groups in total. The van der Waals surface area contributed by atoms with Gasteiger partial charge in [0, 0.05) is 25.5 Å². The molecule has 1 aliphatic carbocycles. The first-order valence-corrected chi connectivity index (χ1v) is 10.4. The topological polar surface area (TPSA) is 115 Å². The molecule has 3 atom stereocenters. The summed E-state index contributed by atoms with van der Waals surface area (Å²) in [6, 6.07) is 3.40. The summed E-state index contributed by atoms with van der Waals surface area (Å²) < 4.78 is 0. The zero-order valence-electron chi connectivity index (χ0n) is 18.1. The van der Waals surface area contributed by atoms with Crippen LogP contribution < -0.4 is 0 Å². The Kier molecular flexibility index (Phi) is 8.70. The molecule has 1 aromatic carbocycles. The van der Waals surface area contributed by atoms with Crippen LogP contribution in [-0.2, 0) is 22.6 Å². The van der Waals surface area contributed by atoms with E-state index in [0.717, 1.165) is 11.1 Å². The Labute approximate surface area is 177 Å². The number of ketones is 3. The normalized spacial score (nSPS) is 18.2. The molecule has 0 saturated heterocycles. The van der Waals surface area contributed by atoms with Crippen molar-refractivity contribution in [2.45, 2.75) is 45.6 Å². The summed E-state index contributed by atoms with van der Waals surface area (Å²) in [4.78, 5) is 38.6. The molecule has 7 nitrogen and oxygen atoms in total. The molecular formula is C23H33NO6. The van der Waals surface area contributed by atoms with Gasteiger partial charge in [0.25, 0.3) is 0 Å². The van der Waals surface area contributed by atoms with Gasteiger partial charge in [-0.2, -0.15) is 0 Å². The first kappa shape index (κ1) is 24.2. The summed E-state index contributed by atoms with van der Waals surface area (Å²) >= 11 is 0. The van der Waals surface area contributed by atoms with E-state index in [2.05, 4.69) is 0 Å². The van der Waals surface area contributed by atoms with E-state index in [1.807, 2.05) is 25.1 Å². The molecule has 0 aliphatic heterocycles. The molecule has 0 bridgehead atoms. The van der Waals surface area contributed by atoms with E-state index < -0.39 is 5.92 Å². The highest BCUT2D eigenvalue weighted by molar-refractivity contribution is 6.01. The van der Waals surface area contributed by atoms with Crippen LogP contribution in [0.2, 0.25) is 0 Å². The van der Waals surface area contributed by atoms with Gasteiger partial charge in [0.15, 0.2) is 5.78 Å². The van der Waals surface area contributed by atoms with E-state index in [4.69, 9.17) is 0 Å². The van der Waals surface area contributed by atoms with Gasteiger partial charge in [0.1, 0.15) is 17.3 Å². The fourth-order valence-electron chi connectivity index (χ4n) is 4.57. The van der Waals surface area contributed by atoms with E-state index in [1.54, 1.807) is 6.07 Å². The fourth-order valence-corrected chi connectivity index (χ4v) is 4.57. The third-order valence-corrected chi connectivity index (χ3v) is 5.86. The number of aromatic hydroxyl groups is 1. The van der Waals surface area contributed by atoms with E-state index in [0.29, 0.717) is 31.4 Å².